The normalized spacial score (nSPS) is 10.3. The fourth-order valence-corrected chi connectivity index (χ4v) is 2.03. The Balaban J connectivity index is 2.20. The van der Waals surface area contributed by atoms with Crippen LogP contribution in [0.1, 0.15) is 28.4 Å². The van der Waals surface area contributed by atoms with Crippen LogP contribution in [0.25, 0.3) is 0 Å². The highest BCUT2D eigenvalue weighted by Crippen LogP contribution is 2.21. The molecule has 1 N–H and O–H groups in total. The number of anilines is 1. The van der Waals surface area contributed by atoms with Crippen molar-refractivity contribution in [2.75, 3.05) is 11.9 Å². The van der Waals surface area contributed by atoms with Crippen molar-refractivity contribution in [2.24, 2.45) is 0 Å². The Hall–Kier alpha value is -2.36. The summed E-state index contributed by atoms with van der Waals surface area (Å²) in [7, 11) is 0. The third-order valence-corrected chi connectivity index (χ3v) is 3.18. The summed E-state index contributed by atoms with van der Waals surface area (Å²) < 4.78 is 18.7. The molecule has 0 spiro atoms. The number of hydrogen-bond donors (Lipinski definition) is 1. The lowest BCUT2D eigenvalue weighted by Gasteiger charge is -2.11. The Kier molecular flexibility index (Phi) is 4.58. The van der Waals surface area contributed by atoms with Crippen LogP contribution in [0.3, 0.4) is 0 Å². The van der Waals surface area contributed by atoms with E-state index in [2.05, 4.69) is 5.32 Å². The van der Waals surface area contributed by atoms with Crippen LogP contribution in [0.5, 0.6) is 5.75 Å². The Morgan fingerprint density at radius 1 is 1.14 bits per heavy atom. The van der Waals surface area contributed by atoms with Gasteiger partial charge in [-0.3, -0.25) is 4.79 Å². The second-order valence-corrected chi connectivity index (χ2v) is 4.83. The van der Waals surface area contributed by atoms with E-state index in [0.29, 0.717) is 17.9 Å². The monoisotopic (exact) mass is 287 g/mol. The van der Waals surface area contributed by atoms with Gasteiger partial charge in [-0.15, -0.1) is 0 Å². The van der Waals surface area contributed by atoms with Crippen molar-refractivity contribution in [1.29, 1.82) is 0 Å². The maximum absolute atomic E-state index is 13.2. The number of carbonyl (C=O) groups is 1. The molecule has 0 aliphatic heterocycles. The molecule has 2 aromatic carbocycles. The van der Waals surface area contributed by atoms with Crippen molar-refractivity contribution in [1.82, 2.24) is 0 Å². The van der Waals surface area contributed by atoms with Crippen LogP contribution in [-0.2, 0) is 0 Å². The van der Waals surface area contributed by atoms with Gasteiger partial charge in [-0.1, -0.05) is 6.07 Å². The number of halogens is 1. The molecule has 0 bridgehead atoms. The van der Waals surface area contributed by atoms with Crippen LogP contribution in [0.4, 0.5) is 10.1 Å². The van der Waals surface area contributed by atoms with Crippen LogP contribution in [-0.4, -0.2) is 12.5 Å². The molecule has 21 heavy (non-hydrogen) atoms. The minimum Gasteiger partial charge on any atom is -0.494 e. The molecular weight excluding hydrogens is 269 g/mol. The van der Waals surface area contributed by atoms with Gasteiger partial charge in [0.2, 0.25) is 0 Å². The largest absolute Gasteiger partial charge is 0.494 e. The maximum atomic E-state index is 13.2. The molecule has 0 heterocycles. The predicted molar refractivity (Wildman–Crippen MR) is 81.4 cm³/mol. The number of nitrogens with one attached hydrogen (secondary N) is 1. The molecule has 0 radical (unpaired) electrons. The molecule has 0 unspecified atom stereocenters. The minimum absolute atomic E-state index is 0.269. The zero-order chi connectivity index (χ0) is 15.4. The van der Waals surface area contributed by atoms with Crippen molar-refractivity contribution in [3.8, 4) is 5.75 Å². The zero-order valence-electron chi connectivity index (χ0n) is 12.4. The fraction of sp³-hybridized carbons (Fsp3) is 0.235. The number of benzene rings is 2. The standard InChI is InChI=1S/C17H18FNO2/c1-4-21-16-8-6-13(9-12(16)3)17(20)19-15-10-14(18)7-5-11(15)2/h5-10H,4H2,1-3H3,(H,19,20). The highest BCUT2D eigenvalue weighted by molar-refractivity contribution is 6.04. The second kappa shape index (κ2) is 6.39. The first-order chi connectivity index (χ1) is 10.0. The van der Waals surface area contributed by atoms with Gasteiger partial charge >= 0.3 is 0 Å². The molecule has 2 aromatic rings. The van der Waals surface area contributed by atoms with Gasteiger partial charge in [0.15, 0.2) is 0 Å². The summed E-state index contributed by atoms with van der Waals surface area (Å²) in [5.41, 5.74) is 2.69. The van der Waals surface area contributed by atoms with Crippen molar-refractivity contribution in [3.05, 3.63) is 58.9 Å². The van der Waals surface area contributed by atoms with Crippen LogP contribution >= 0.6 is 0 Å². The molecule has 1 amide bonds. The number of aryl methyl sites for hydroxylation is 2. The number of carbonyl (C=O) groups excluding carboxylic acids is 1. The quantitative estimate of drug-likeness (QED) is 0.919. The van der Waals surface area contributed by atoms with Gasteiger partial charge in [0.05, 0.1) is 6.61 Å². The van der Waals surface area contributed by atoms with Crippen LogP contribution in [0, 0.1) is 19.7 Å². The molecular formula is C17H18FNO2. The van der Waals surface area contributed by atoms with Gasteiger partial charge < -0.3 is 10.1 Å². The third-order valence-electron chi connectivity index (χ3n) is 3.18. The number of ether oxygens (including phenoxy) is 1. The van der Waals surface area contributed by atoms with Crippen molar-refractivity contribution in [2.45, 2.75) is 20.8 Å². The summed E-state index contributed by atoms with van der Waals surface area (Å²) in [4.78, 5) is 12.2. The van der Waals surface area contributed by atoms with E-state index in [4.69, 9.17) is 4.74 Å². The topological polar surface area (TPSA) is 38.3 Å². The van der Waals surface area contributed by atoms with Gasteiger partial charge in [-0.05, 0) is 62.2 Å². The molecule has 0 aliphatic rings. The molecule has 0 saturated carbocycles. The maximum Gasteiger partial charge on any atom is 0.255 e. The predicted octanol–water partition coefficient (Wildman–Crippen LogP) is 4.09. The molecule has 0 aliphatic carbocycles. The lowest BCUT2D eigenvalue weighted by atomic mass is 10.1. The SMILES string of the molecule is CCOc1ccc(C(=O)Nc2cc(F)ccc2C)cc1C. The van der Waals surface area contributed by atoms with E-state index in [-0.39, 0.29) is 11.7 Å². The Bertz CT molecular complexity index is 668. The highest BCUT2D eigenvalue weighted by Gasteiger charge is 2.10. The molecule has 4 heteroatoms. The summed E-state index contributed by atoms with van der Waals surface area (Å²) in [5.74, 6) is 0.115. The first kappa shape index (κ1) is 15.0. The van der Waals surface area contributed by atoms with E-state index in [9.17, 15) is 9.18 Å². The van der Waals surface area contributed by atoms with Crippen LogP contribution in [0.2, 0.25) is 0 Å². The molecule has 0 aromatic heterocycles. The van der Waals surface area contributed by atoms with Gasteiger partial charge in [-0.25, -0.2) is 4.39 Å². The summed E-state index contributed by atoms with van der Waals surface area (Å²) in [6.07, 6.45) is 0. The lowest BCUT2D eigenvalue weighted by molar-refractivity contribution is 0.102. The van der Waals surface area contributed by atoms with Crippen molar-refractivity contribution < 1.29 is 13.9 Å². The number of hydrogen-bond acceptors (Lipinski definition) is 2. The van der Waals surface area contributed by atoms with E-state index in [1.807, 2.05) is 20.8 Å². The Morgan fingerprint density at radius 3 is 2.57 bits per heavy atom. The van der Waals surface area contributed by atoms with Gasteiger partial charge in [0.25, 0.3) is 5.91 Å². The molecule has 3 nitrogen and oxygen atoms in total. The summed E-state index contributed by atoms with van der Waals surface area (Å²) in [6, 6.07) is 9.54. The van der Waals surface area contributed by atoms with Crippen LogP contribution < -0.4 is 10.1 Å². The van der Waals surface area contributed by atoms with Crippen LogP contribution in [0.15, 0.2) is 36.4 Å². The van der Waals surface area contributed by atoms with Gasteiger partial charge in [0.1, 0.15) is 11.6 Å². The molecule has 0 atom stereocenters. The summed E-state index contributed by atoms with van der Waals surface area (Å²) in [5, 5.41) is 2.73. The average molecular weight is 287 g/mol. The van der Waals surface area contributed by atoms with E-state index in [0.717, 1.165) is 16.9 Å². The number of amides is 1. The third kappa shape index (κ3) is 3.60. The van der Waals surface area contributed by atoms with Gasteiger partial charge in [0, 0.05) is 11.3 Å². The highest BCUT2D eigenvalue weighted by atomic mass is 19.1. The number of rotatable bonds is 4. The molecule has 0 fully saturated rings. The first-order valence-electron chi connectivity index (χ1n) is 6.82. The molecule has 0 saturated heterocycles. The molecule has 110 valence electrons. The van der Waals surface area contributed by atoms with Crippen molar-refractivity contribution >= 4 is 11.6 Å². The fourth-order valence-electron chi connectivity index (χ4n) is 2.03. The van der Waals surface area contributed by atoms with Gasteiger partial charge in [-0.2, -0.15) is 0 Å². The smallest absolute Gasteiger partial charge is 0.255 e. The van der Waals surface area contributed by atoms with E-state index < -0.39 is 0 Å². The minimum atomic E-state index is -0.376. The van der Waals surface area contributed by atoms with Crippen molar-refractivity contribution in [3.63, 3.8) is 0 Å². The summed E-state index contributed by atoms with van der Waals surface area (Å²) >= 11 is 0. The van der Waals surface area contributed by atoms with E-state index in [1.165, 1.54) is 12.1 Å². The molecule has 2 rings (SSSR count). The average Bonchev–Trinajstić information content (AvgIpc) is 2.45. The second-order valence-electron chi connectivity index (χ2n) is 4.83. The Labute approximate surface area is 123 Å². The Morgan fingerprint density at radius 2 is 1.90 bits per heavy atom. The summed E-state index contributed by atoms with van der Waals surface area (Å²) in [6.45, 7) is 6.19. The lowest BCUT2D eigenvalue weighted by Crippen LogP contribution is -2.13. The van der Waals surface area contributed by atoms with E-state index in [1.54, 1.807) is 24.3 Å². The first-order valence-corrected chi connectivity index (χ1v) is 6.82. The van der Waals surface area contributed by atoms with E-state index >= 15 is 0 Å². The zero-order valence-corrected chi connectivity index (χ0v) is 12.4.